The fourth-order valence-electron chi connectivity index (χ4n) is 3.40. The summed E-state index contributed by atoms with van der Waals surface area (Å²) in [6, 6.07) is 17.6. The van der Waals surface area contributed by atoms with Gasteiger partial charge in [0.05, 0.1) is 30.7 Å². The molecule has 1 amide bonds. The van der Waals surface area contributed by atoms with Crippen LogP contribution in [0.1, 0.15) is 22.9 Å². The van der Waals surface area contributed by atoms with Crippen molar-refractivity contribution in [2.75, 3.05) is 26.8 Å². The van der Waals surface area contributed by atoms with Crippen LogP contribution in [0.15, 0.2) is 70.9 Å². The fourth-order valence-corrected chi connectivity index (χ4v) is 5.34. The van der Waals surface area contributed by atoms with Gasteiger partial charge in [0, 0.05) is 24.4 Å². The maximum atomic E-state index is 13.1. The monoisotopic (exact) mass is 472 g/mol. The molecular weight excluding hydrogens is 448 g/mol. The summed E-state index contributed by atoms with van der Waals surface area (Å²) in [5.41, 5.74) is 0.928. The van der Waals surface area contributed by atoms with E-state index in [9.17, 15) is 13.2 Å². The molecule has 168 valence electrons. The van der Waals surface area contributed by atoms with Gasteiger partial charge in [-0.05, 0) is 29.1 Å². The van der Waals surface area contributed by atoms with Crippen molar-refractivity contribution in [3.63, 3.8) is 0 Å². The molecular formula is C23H24N2O5S2. The molecule has 2 aromatic carbocycles. The summed E-state index contributed by atoms with van der Waals surface area (Å²) in [5.74, 6) is 0.513. The summed E-state index contributed by atoms with van der Waals surface area (Å²) in [6.45, 7) is 0.663. The average Bonchev–Trinajstić information content (AvgIpc) is 3.22. The molecule has 0 saturated heterocycles. The standard InChI is InChI=1S/C23H24N2O5S2/c1-25(32(27,28)18-10-11-19-20(15-18)30-13-6-12-29-19)16-22(26)24-23(21-9-5-14-31-21)17-7-3-2-4-8-17/h2-5,7-11,14-15,23H,6,12-13,16H2,1H3,(H,24,26). The zero-order valence-electron chi connectivity index (χ0n) is 17.6. The van der Waals surface area contributed by atoms with E-state index in [2.05, 4.69) is 5.32 Å². The number of benzene rings is 2. The Hall–Kier alpha value is -2.88. The Balaban J connectivity index is 1.49. The number of rotatable bonds is 7. The number of hydrogen-bond donors (Lipinski definition) is 1. The number of ether oxygens (including phenoxy) is 2. The summed E-state index contributed by atoms with van der Waals surface area (Å²) in [4.78, 5) is 13.9. The van der Waals surface area contributed by atoms with E-state index in [0.717, 1.165) is 21.2 Å². The zero-order chi connectivity index (χ0) is 22.6. The smallest absolute Gasteiger partial charge is 0.243 e. The molecule has 1 unspecified atom stereocenters. The Kier molecular flexibility index (Phi) is 6.78. The number of likely N-dealkylation sites (N-methyl/N-ethyl adjacent to an activating group) is 1. The quantitative estimate of drug-likeness (QED) is 0.570. The molecule has 32 heavy (non-hydrogen) atoms. The van der Waals surface area contributed by atoms with E-state index in [0.29, 0.717) is 24.7 Å². The van der Waals surface area contributed by atoms with Gasteiger partial charge in [-0.2, -0.15) is 4.31 Å². The van der Waals surface area contributed by atoms with Crippen molar-refractivity contribution in [3.8, 4) is 11.5 Å². The molecule has 3 aromatic rings. The number of thiophene rings is 1. The maximum absolute atomic E-state index is 13.1. The van der Waals surface area contributed by atoms with Crippen LogP contribution in [0.5, 0.6) is 11.5 Å². The zero-order valence-corrected chi connectivity index (χ0v) is 19.2. The van der Waals surface area contributed by atoms with Crippen LogP contribution >= 0.6 is 11.3 Å². The molecule has 7 nitrogen and oxygen atoms in total. The average molecular weight is 473 g/mol. The maximum Gasteiger partial charge on any atom is 0.243 e. The van der Waals surface area contributed by atoms with Crippen molar-refractivity contribution in [2.24, 2.45) is 0 Å². The Bertz CT molecular complexity index is 1160. The lowest BCUT2D eigenvalue weighted by atomic mass is 10.1. The molecule has 1 aromatic heterocycles. The van der Waals surface area contributed by atoms with Gasteiger partial charge in [0.2, 0.25) is 15.9 Å². The summed E-state index contributed by atoms with van der Waals surface area (Å²) < 4.78 is 38.4. The molecule has 1 aliphatic heterocycles. The van der Waals surface area contributed by atoms with Crippen molar-refractivity contribution in [3.05, 3.63) is 76.5 Å². The molecule has 0 bridgehead atoms. The Morgan fingerprint density at radius 2 is 1.81 bits per heavy atom. The van der Waals surface area contributed by atoms with Gasteiger partial charge in [-0.25, -0.2) is 8.42 Å². The summed E-state index contributed by atoms with van der Waals surface area (Å²) >= 11 is 1.53. The number of nitrogens with one attached hydrogen (secondary N) is 1. The largest absolute Gasteiger partial charge is 0.490 e. The molecule has 0 spiro atoms. The lowest BCUT2D eigenvalue weighted by Gasteiger charge is -2.21. The first kappa shape index (κ1) is 22.3. The van der Waals surface area contributed by atoms with Crippen molar-refractivity contribution in [1.82, 2.24) is 9.62 Å². The number of amides is 1. The SMILES string of the molecule is CN(CC(=O)NC(c1ccccc1)c1cccs1)S(=O)(=O)c1ccc2c(c1)OCCCO2. The van der Waals surface area contributed by atoms with Gasteiger partial charge in [0.25, 0.3) is 0 Å². The van der Waals surface area contributed by atoms with E-state index in [4.69, 9.17) is 9.47 Å². The summed E-state index contributed by atoms with van der Waals surface area (Å²) in [6.07, 6.45) is 0.726. The van der Waals surface area contributed by atoms with E-state index < -0.39 is 15.9 Å². The molecule has 2 heterocycles. The highest BCUT2D eigenvalue weighted by Gasteiger charge is 2.26. The van der Waals surface area contributed by atoms with Gasteiger partial charge in [0.15, 0.2) is 11.5 Å². The van der Waals surface area contributed by atoms with Crippen molar-refractivity contribution in [2.45, 2.75) is 17.4 Å². The van der Waals surface area contributed by atoms with Gasteiger partial charge in [0.1, 0.15) is 0 Å². The van der Waals surface area contributed by atoms with Crippen LogP contribution in [0, 0.1) is 0 Å². The van der Waals surface area contributed by atoms with Gasteiger partial charge in [-0.1, -0.05) is 36.4 Å². The molecule has 1 N–H and O–H groups in total. The van der Waals surface area contributed by atoms with Crippen molar-refractivity contribution < 1.29 is 22.7 Å². The molecule has 4 rings (SSSR count). The van der Waals surface area contributed by atoms with Crippen LogP contribution in [0.4, 0.5) is 0 Å². The van der Waals surface area contributed by atoms with Gasteiger partial charge < -0.3 is 14.8 Å². The first-order valence-corrected chi connectivity index (χ1v) is 12.5. The third-order valence-corrected chi connectivity index (χ3v) is 7.80. The molecule has 0 saturated carbocycles. The van der Waals surface area contributed by atoms with Gasteiger partial charge in [-0.15, -0.1) is 11.3 Å². The second-order valence-corrected chi connectivity index (χ2v) is 10.4. The van der Waals surface area contributed by atoms with Crippen LogP contribution in [-0.2, 0) is 14.8 Å². The van der Waals surface area contributed by atoms with E-state index in [1.807, 2.05) is 47.8 Å². The first-order chi connectivity index (χ1) is 15.4. The highest BCUT2D eigenvalue weighted by atomic mass is 32.2. The predicted octanol–water partition coefficient (Wildman–Crippen LogP) is 3.44. The number of nitrogens with zero attached hydrogens (tertiary/aromatic N) is 1. The lowest BCUT2D eigenvalue weighted by Crippen LogP contribution is -2.40. The number of carbonyl (C=O) groups is 1. The van der Waals surface area contributed by atoms with E-state index in [1.165, 1.54) is 30.5 Å². The third-order valence-electron chi connectivity index (χ3n) is 5.06. The lowest BCUT2D eigenvalue weighted by molar-refractivity contribution is -0.121. The topological polar surface area (TPSA) is 84.9 Å². The highest BCUT2D eigenvalue weighted by molar-refractivity contribution is 7.89. The summed E-state index contributed by atoms with van der Waals surface area (Å²) in [7, 11) is -2.50. The second-order valence-electron chi connectivity index (χ2n) is 7.35. The molecule has 0 radical (unpaired) electrons. The number of hydrogen-bond acceptors (Lipinski definition) is 6. The molecule has 0 aliphatic carbocycles. The minimum Gasteiger partial charge on any atom is -0.490 e. The highest BCUT2D eigenvalue weighted by Crippen LogP contribution is 2.32. The second kappa shape index (κ2) is 9.72. The van der Waals surface area contributed by atoms with Gasteiger partial charge >= 0.3 is 0 Å². The third kappa shape index (κ3) is 4.95. The van der Waals surface area contributed by atoms with Crippen LogP contribution in [0.25, 0.3) is 0 Å². The molecule has 9 heteroatoms. The van der Waals surface area contributed by atoms with Crippen LogP contribution in [-0.4, -0.2) is 45.4 Å². The number of carbonyl (C=O) groups excluding carboxylic acids is 1. The predicted molar refractivity (Wildman–Crippen MR) is 123 cm³/mol. The number of fused-ring (bicyclic) bond motifs is 1. The van der Waals surface area contributed by atoms with Crippen LogP contribution in [0.3, 0.4) is 0 Å². The van der Waals surface area contributed by atoms with Crippen LogP contribution < -0.4 is 14.8 Å². The Morgan fingerprint density at radius 1 is 1.06 bits per heavy atom. The Labute approximate surface area is 191 Å². The van der Waals surface area contributed by atoms with Crippen molar-refractivity contribution >= 4 is 27.3 Å². The van der Waals surface area contributed by atoms with E-state index >= 15 is 0 Å². The molecule has 0 fully saturated rings. The van der Waals surface area contributed by atoms with Crippen molar-refractivity contribution in [1.29, 1.82) is 0 Å². The Morgan fingerprint density at radius 3 is 2.53 bits per heavy atom. The minimum absolute atomic E-state index is 0.0508. The van der Waals surface area contributed by atoms with E-state index in [-0.39, 0.29) is 17.5 Å². The number of sulfonamides is 1. The molecule has 1 atom stereocenters. The normalized spacial score (nSPS) is 14.6. The summed E-state index contributed by atoms with van der Waals surface area (Å²) in [5, 5.41) is 4.91. The fraction of sp³-hybridized carbons (Fsp3) is 0.261. The molecule has 1 aliphatic rings. The minimum atomic E-state index is -3.89. The van der Waals surface area contributed by atoms with E-state index in [1.54, 1.807) is 6.07 Å². The van der Waals surface area contributed by atoms with Crippen LogP contribution in [0.2, 0.25) is 0 Å². The van der Waals surface area contributed by atoms with Gasteiger partial charge in [-0.3, -0.25) is 4.79 Å². The first-order valence-electron chi connectivity index (χ1n) is 10.2.